The molecule has 0 fully saturated rings. The van der Waals surface area contributed by atoms with Gasteiger partial charge in [0.15, 0.2) is 5.95 Å². The smallest absolute Gasteiger partial charge is 0.200 e. The fraction of sp³-hybridized carbons (Fsp3) is 0.571. The highest BCUT2D eigenvalue weighted by Gasteiger charge is 2.02. The van der Waals surface area contributed by atoms with Crippen LogP contribution in [-0.2, 0) is 13.6 Å². The van der Waals surface area contributed by atoms with Crippen LogP contribution < -0.4 is 5.73 Å². The minimum atomic E-state index is 0.571. The van der Waals surface area contributed by atoms with Gasteiger partial charge in [0, 0.05) is 13.6 Å². The van der Waals surface area contributed by atoms with E-state index < -0.39 is 0 Å². The summed E-state index contributed by atoms with van der Waals surface area (Å²) in [6.45, 7) is 0.876. The van der Waals surface area contributed by atoms with Crippen LogP contribution in [0.2, 0.25) is 0 Å². The molecule has 2 N–H and O–H groups in total. The van der Waals surface area contributed by atoms with E-state index in [9.17, 15) is 0 Å². The highest BCUT2D eigenvalue weighted by Crippen LogP contribution is 2.05. The molecule has 0 saturated carbocycles. The zero-order valence-electron chi connectivity index (χ0n) is 7.20. The molecule has 0 saturated heterocycles. The Morgan fingerprint density at radius 1 is 1.64 bits per heavy atom. The van der Waals surface area contributed by atoms with Crippen molar-refractivity contribution < 1.29 is 0 Å². The lowest BCUT2D eigenvalue weighted by atomic mass is 10.4. The highest BCUT2D eigenvalue weighted by molar-refractivity contribution is 5.21. The van der Waals surface area contributed by atoms with E-state index in [0.717, 1.165) is 12.2 Å². The molecule has 0 aliphatic carbocycles. The average Bonchev–Trinajstić information content (AvgIpc) is 2.18. The molecule has 1 aromatic rings. The first-order valence-electron chi connectivity index (χ1n) is 3.52. The van der Waals surface area contributed by atoms with Crippen LogP contribution >= 0.6 is 0 Å². The van der Waals surface area contributed by atoms with Crippen molar-refractivity contribution in [1.29, 1.82) is 0 Å². The fourth-order valence-electron chi connectivity index (χ4n) is 0.932. The monoisotopic (exact) mass is 154 g/mol. The summed E-state index contributed by atoms with van der Waals surface area (Å²) < 4.78 is 1.89. The van der Waals surface area contributed by atoms with Crippen LogP contribution in [0.25, 0.3) is 0 Å². The standard InChI is InChI=1S/C7H14N4/c1-10(2)5-6-4-9-7(8)11(6)3/h4H,5H2,1-3H3,(H2,8,9). The SMILES string of the molecule is CN(C)Cc1cnc(N)n1C. The predicted octanol–water partition coefficient (Wildman–Crippen LogP) is 0.0639. The van der Waals surface area contributed by atoms with Crippen molar-refractivity contribution in [2.24, 2.45) is 7.05 Å². The number of nitrogens with zero attached hydrogens (tertiary/aromatic N) is 3. The van der Waals surface area contributed by atoms with Crippen molar-refractivity contribution in [1.82, 2.24) is 14.5 Å². The summed E-state index contributed by atoms with van der Waals surface area (Å²) in [4.78, 5) is 6.06. The molecule has 0 aliphatic heterocycles. The van der Waals surface area contributed by atoms with Gasteiger partial charge in [0.25, 0.3) is 0 Å². The second-order valence-electron chi connectivity index (χ2n) is 2.90. The van der Waals surface area contributed by atoms with Crippen molar-refractivity contribution in [2.45, 2.75) is 6.54 Å². The number of hydrogen-bond donors (Lipinski definition) is 1. The van der Waals surface area contributed by atoms with E-state index in [4.69, 9.17) is 5.73 Å². The number of rotatable bonds is 2. The molecule has 0 unspecified atom stereocenters. The summed E-state index contributed by atoms with van der Waals surface area (Å²) in [7, 11) is 5.95. The van der Waals surface area contributed by atoms with E-state index in [1.165, 1.54) is 0 Å². The van der Waals surface area contributed by atoms with E-state index in [2.05, 4.69) is 9.88 Å². The minimum Gasteiger partial charge on any atom is -0.369 e. The Bertz CT molecular complexity index is 239. The quantitative estimate of drug-likeness (QED) is 0.655. The van der Waals surface area contributed by atoms with Crippen molar-refractivity contribution in [3.63, 3.8) is 0 Å². The number of nitrogen functional groups attached to an aromatic ring is 1. The zero-order valence-corrected chi connectivity index (χ0v) is 7.20. The van der Waals surface area contributed by atoms with Crippen LogP contribution in [0.1, 0.15) is 5.69 Å². The molecule has 0 amide bonds. The lowest BCUT2D eigenvalue weighted by Crippen LogP contribution is -2.13. The first-order valence-corrected chi connectivity index (χ1v) is 3.52. The maximum Gasteiger partial charge on any atom is 0.200 e. The van der Waals surface area contributed by atoms with Gasteiger partial charge in [-0.3, -0.25) is 0 Å². The van der Waals surface area contributed by atoms with Crippen molar-refractivity contribution in [2.75, 3.05) is 19.8 Å². The molecular weight excluding hydrogens is 140 g/mol. The normalized spacial score (nSPS) is 10.9. The Morgan fingerprint density at radius 2 is 2.27 bits per heavy atom. The maximum absolute atomic E-state index is 5.55. The first-order chi connectivity index (χ1) is 5.11. The Labute approximate surface area is 66.6 Å². The summed E-state index contributed by atoms with van der Waals surface area (Å²) in [5, 5.41) is 0. The van der Waals surface area contributed by atoms with E-state index in [1.54, 1.807) is 6.20 Å². The summed E-state index contributed by atoms with van der Waals surface area (Å²) in [6, 6.07) is 0. The first kappa shape index (κ1) is 8.07. The third-order valence-electron chi connectivity index (χ3n) is 1.60. The average molecular weight is 154 g/mol. The van der Waals surface area contributed by atoms with Gasteiger partial charge in [0.1, 0.15) is 0 Å². The van der Waals surface area contributed by atoms with Crippen molar-refractivity contribution >= 4 is 5.95 Å². The lowest BCUT2D eigenvalue weighted by Gasteiger charge is -2.09. The summed E-state index contributed by atoms with van der Waals surface area (Å²) >= 11 is 0. The van der Waals surface area contributed by atoms with Crippen LogP contribution in [0.15, 0.2) is 6.20 Å². The molecule has 0 aliphatic rings. The molecule has 1 aromatic heterocycles. The number of hydrogen-bond acceptors (Lipinski definition) is 3. The third-order valence-corrected chi connectivity index (χ3v) is 1.60. The van der Waals surface area contributed by atoms with Gasteiger partial charge in [0.2, 0.25) is 0 Å². The van der Waals surface area contributed by atoms with E-state index >= 15 is 0 Å². The topological polar surface area (TPSA) is 47.1 Å². The van der Waals surface area contributed by atoms with Gasteiger partial charge in [-0.25, -0.2) is 4.98 Å². The molecular formula is C7H14N4. The van der Waals surface area contributed by atoms with Gasteiger partial charge in [0.05, 0.1) is 11.9 Å². The fourth-order valence-corrected chi connectivity index (χ4v) is 0.932. The molecule has 4 heteroatoms. The van der Waals surface area contributed by atoms with Crippen molar-refractivity contribution in [3.8, 4) is 0 Å². The van der Waals surface area contributed by atoms with Crippen LogP contribution in [0, 0.1) is 0 Å². The zero-order chi connectivity index (χ0) is 8.43. The van der Waals surface area contributed by atoms with Gasteiger partial charge in [-0.05, 0) is 14.1 Å². The molecule has 0 bridgehead atoms. The van der Waals surface area contributed by atoms with Gasteiger partial charge < -0.3 is 15.2 Å². The Kier molecular flexibility index (Phi) is 2.14. The maximum atomic E-state index is 5.55. The van der Waals surface area contributed by atoms with E-state index in [0.29, 0.717) is 5.95 Å². The highest BCUT2D eigenvalue weighted by atomic mass is 15.2. The van der Waals surface area contributed by atoms with Crippen LogP contribution in [-0.4, -0.2) is 28.5 Å². The summed E-state index contributed by atoms with van der Waals surface area (Å²) in [6.07, 6.45) is 1.80. The van der Waals surface area contributed by atoms with Crippen LogP contribution in [0.3, 0.4) is 0 Å². The van der Waals surface area contributed by atoms with Crippen LogP contribution in [0.5, 0.6) is 0 Å². The Balaban J connectivity index is 2.79. The molecule has 0 radical (unpaired) electrons. The molecule has 1 heterocycles. The summed E-state index contributed by atoms with van der Waals surface area (Å²) in [5.74, 6) is 0.571. The van der Waals surface area contributed by atoms with Crippen LogP contribution in [0.4, 0.5) is 5.95 Å². The molecule has 0 atom stereocenters. The minimum absolute atomic E-state index is 0.571. The largest absolute Gasteiger partial charge is 0.369 e. The Morgan fingerprint density at radius 3 is 2.64 bits per heavy atom. The third kappa shape index (κ3) is 1.71. The number of nitrogens with two attached hydrogens (primary N) is 1. The predicted molar refractivity (Wildman–Crippen MR) is 45.0 cm³/mol. The van der Waals surface area contributed by atoms with Crippen molar-refractivity contribution in [3.05, 3.63) is 11.9 Å². The number of imidazole rings is 1. The van der Waals surface area contributed by atoms with Gasteiger partial charge in [-0.1, -0.05) is 0 Å². The summed E-state index contributed by atoms with van der Waals surface area (Å²) in [5.41, 5.74) is 6.68. The second kappa shape index (κ2) is 2.92. The second-order valence-corrected chi connectivity index (χ2v) is 2.90. The molecule has 62 valence electrons. The van der Waals surface area contributed by atoms with E-state index in [1.807, 2.05) is 25.7 Å². The van der Waals surface area contributed by atoms with Gasteiger partial charge in [-0.2, -0.15) is 0 Å². The lowest BCUT2D eigenvalue weighted by molar-refractivity contribution is 0.391. The van der Waals surface area contributed by atoms with E-state index in [-0.39, 0.29) is 0 Å². The molecule has 1 rings (SSSR count). The number of anilines is 1. The number of aromatic nitrogens is 2. The Hall–Kier alpha value is -1.03. The molecule has 11 heavy (non-hydrogen) atoms. The van der Waals surface area contributed by atoms with Gasteiger partial charge in [-0.15, -0.1) is 0 Å². The molecule has 0 aromatic carbocycles. The molecule has 0 spiro atoms. The molecule has 4 nitrogen and oxygen atoms in total. The van der Waals surface area contributed by atoms with Gasteiger partial charge >= 0.3 is 0 Å².